The summed E-state index contributed by atoms with van der Waals surface area (Å²) in [7, 11) is 0. The van der Waals surface area contributed by atoms with Crippen LogP contribution in [0.2, 0.25) is 0 Å². The minimum atomic E-state index is -0.139. The summed E-state index contributed by atoms with van der Waals surface area (Å²) in [6.07, 6.45) is 0.895. The van der Waals surface area contributed by atoms with Gasteiger partial charge in [-0.05, 0) is 13.3 Å². The Morgan fingerprint density at radius 2 is 2.50 bits per heavy atom. The lowest BCUT2D eigenvalue weighted by atomic mass is 9.85. The number of hydrogen-bond acceptors (Lipinski definition) is 2. The second kappa shape index (κ2) is 1.47. The van der Waals surface area contributed by atoms with Crippen LogP contribution in [-0.4, -0.2) is 12.6 Å². The molecule has 1 fully saturated rings. The summed E-state index contributed by atoms with van der Waals surface area (Å²) >= 11 is 0. The maximum atomic E-state index is 10.6. The van der Waals surface area contributed by atoms with Crippen LogP contribution >= 0.6 is 0 Å². The number of cyclic esters (lactones) is 1. The lowest BCUT2D eigenvalue weighted by Crippen LogP contribution is -2.44. The maximum Gasteiger partial charge on any atom is 0.315 e. The highest BCUT2D eigenvalue weighted by molar-refractivity contribution is 5.81. The summed E-state index contributed by atoms with van der Waals surface area (Å²) in [6.45, 7) is 4.54. The molecule has 0 aromatic heterocycles. The second-order valence-electron chi connectivity index (χ2n) is 2.49. The van der Waals surface area contributed by atoms with Gasteiger partial charge in [0.15, 0.2) is 0 Å². The maximum absolute atomic E-state index is 10.6. The van der Waals surface area contributed by atoms with Crippen molar-refractivity contribution in [3.8, 4) is 0 Å². The second-order valence-corrected chi connectivity index (χ2v) is 2.49. The van der Waals surface area contributed by atoms with Gasteiger partial charge in [-0.25, -0.2) is 0 Å². The molecule has 0 amide bonds. The van der Waals surface area contributed by atoms with Crippen molar-refractivity contribution in [3.05, 3.63) is 0 Å². The molecular weight excluding hydrogens is 104 g/mol. The summed E-state index contributed by atoms with van der Waals surface area (Å²) in [5.74, 6) is -0.0417. The molecule has 0 aromatic carbocycles. The van der Waals surface area contributed by atoms with Crippen molar-refractivity contribution in [3.63, 3.8) is 0 Å². The van der Waals surface area contributed by atoms with Crippen molar-refractivity contribution in [2.45, 2.75) is 20.3 Å². The Balaban J connectivity index is 2.55. The molecule has 1 heterocycles. The number of ether oxygens (including phenoxy) is 1. The average molecular weight is 114 g/mol. The molecule has 2 nitrogen and oxygen atoms in total. The lowest BCUT2D eigenvalue weighted by Gasteiger charge is -2.34. The predicted molar refractivity (Wildman–Crippen MR) is 29.4 cm³/mol. The highest BCUT2D eigenvalue weighted by atomic mass is 16.6. The third-order valence-corrected chi connectivity index (χ3v) is 1.79. The molecule has 46 valence electrons. The Morgan fingerprint density at radius 3 is 2.50 bits per heavy atom. The van der Waals surface area contributed by atoms with E-state index in [1.807, 2.05) is 13.8 Å². The molecule has 0 aliphatic carbocycles. The van der Waals surface area contributed by atoms with E-state index < -0.39 is 0 Å². The van der Waals surface area contributed by atoms with E-state index >= 15 is 0 Å². The molecule has 1 rings (SSSR count). The summed E-state index contributed by atoms with van der Waals surface area (Å²) in [4.78, 5) is 10.6. The number of carbonyl (C=O) groups excluding carboxylic acids is 1. The molecule has 0 unspecified atom stereocenters. The zero-order chi connectivity index (χ0) is 6.20. The van der Waals surface area contributed by atoms with Gasteiger partial charge in [0.1, 0.15) is 6.61 Å². The first kappa shape index (κ1) is 5.60. The standard InChI is InChI=1S/C6H10O2/c1-3-6(2)4-8-5(6)7/h3-4H2,1-2H3/t6-/m0/s1. The molecule has 1 saturated heterocycles. The largest absolute Gasteiger partial charge is 0.464 e. The molecule has 0 aromatic rings. The Labute approximate surface area is 48.8 Å². The zero-order valence-electron chi connectivity index (χ0n) is 5.23. The predicted octanol–water partition coefficient (Wildman–Crippen LogP) is 0.960. The van der Waals surface area contributed by atoms with E-state index in [4.69, 9.17) is 0 Å². The van der Waals surface area contributed by atoms with E-state index in [0.29, 0.717) is 6.61 Å². The van der Waals surface area contributed by atoms with Gasteiger partial charge in [0.05, 0.1) is 5.41 Å². The third-order valence-electron chi connectivity index (χ3n) is 1.79. The zero-order valence-corrected chi connectivity index (χ0v) is 5.23. The summed E-state index contributed by atoms with van der Waals surface area (Å²) < 4.78 is 4.60. The van der Waals surface area contributed by atoms with Crippen LogP contribution in [0.1, 0.15) is 20.3 Å². The number of hydrogen-bond donors (Lipinski definition) is 0. The molecule has 1 aliphatic heterocycles. The van der Waals surface area contributed by atoms with E-state index in [9.17, 15) is 4.79 Å². The molecule has 2 heteroatoms. The van der Waals surface area contributed by atoms with E-state index in [1.54, 1.807) is 0 Å². The highest BCUT2D eigenvalue weighted by Crippen LogP contribution is 2.31. The van der Waals surface area contributed by atoms with Crippen molar-refractivity contribution in [1.82, 2.24) is 0 Å². The van der Waals surface area contributed by atoms with Crippen LogP contribution in [0.5, 0.6) is 0 Å². The molecular formula is C6H10O2. The Morgan fingerprint density at radius 1 is 1.88 bits per heavy atom. The van der Waals surface area contributed by atoms with Gasteiger partial charge in [-0.2, -0.15) is 0 Å². The fraction of sp³-hybridized carbons (Fsp3) is 0.833. The van der Waals surface area contributed by atoms with Crippen LogP contribution in [0.4, 0.5) is 0 Å². The average Bonchev–Trinajstić information content (AvgIpc) is 1.83. The van der Waals surface area contributed by atoms with E-state index in [0.717, 1.165) is 6.42 Å². The van der Waals surface area contributed by atoms with E-state index in [1.165, 1.54) is 0 Å². The van der Waals surface area contributed by atoms with Crippen LogP contribution in [0, 0.1) is 5.41 Å². The van der Waals surface area contributed by atoms with Crippen LogP contribution in [0.25, 0.3) is 0 Å². The summed E-state index contributed by atoms with van der Waals surface area (Å²) in [6, 6.07) is 0. The highest BCUT2D eigenvalue weighted by Gasteiger charge is 2.42. The SMILES string of the molecule is CC[C@@]1(C)COC1=O. The van der Waals surface area contributed by atoms with Crippen LogP contribution in [0.3, 0.4) is 0 Å². The van der Waals surface area contributed by atoms with Gasteiger partial charge < -0.3 is 4.74 Å². The van der Waals surface area contributed by atoms with Gasteiger partial charge in [0.25, 0.3) is 0 Å². The molecule has 1 atom stereocenters. The quantitative estimate of drug-likeness (QED) is 0.474. The van der Waals surface area contributed by atoms with Crippen LogP contribution < -0.4 is 0 Å². The normalized spacial score (nSPS) is 36.0. The fourth-order valence-electron chi connectivity index (χ4n) is 0.624. The van der Waals surface area contributed by atoms with Crippen LogP contribution in [-0.2, 0) is 9.53 Å². The van der Waals surface area contributed by atoms with E-state index in [2.05, 4.69) is 4.74 Å². The number of rotatable bonds is 1. The molecule has 0 N–H and O–H groups in total. The first-order valence-electron chi connectivity index (χ1n) is 2.86. The Hall–Kier alpha value is -0.530. The molecule has 0 radical (unpaired) electrons. The van der Waals surface area contributed by atoms with Gasteiger partial charge in [-0.1, -0.05) is 6.92 Å². The molecule has 0 saturated carbocycles. The first-order chi connectivity index (χ1) is 3.69. The van der Waals surface area contributed by atoms with Gasteiger partial charge >= 0.3 is 5.97 Å². The van der Waals surface area contributed by atoms with Crippen molar-refractivity contribution in [2.75, 3.05) is 6.61 Å². The fourth-order valence-corrected chi connectivity index (χ4v) is 0.624. The van der Waals surface area contributed by atoms with E-state index in [-0.39, 0.29) is 11.4 Å². The van der Waals surface area contributed by atoms with Crippen molar-refractivity contribution < 1.29 is 9.53 Å². The summed E-state index contributed by atoms with van der Waals surface area (Å²) in [5.41, 5.74) is -0.139. The molecule has 0 bridgehead atoms. The molecule has 0 spiro atoms. The summed E-state index contributed by atoms with van der Waals surface area (Å²) in [5, 5.41) is 0. The Bertz CT molecular complexity index is 116. The minimum Gasteiger partial charge on any atom is -0.464 e. The van der Waals surface area contributed by atoms with Gasteiger partial charge in [0.2, 0.25) is 0 Å². The van der Waals surface area contributed by atoms with Gasteiger partial charge in [-0.3, -0.25) is 4.79 Å². The number of carbonyl (C=O) groups is 1. The van der Waals surface area contributed by atoms with Crippen molar-refractivity contribution in [1.29, 1.82) is 0 Å². The molecule has 1 aliphatic rings. The van der Waals surface area contributed by atoms with Crippen molar-refractivity contribution >= 4 is 5.97 Å². The van der Waals surface area contributed by atoms with Crippen molar-refractivity contribution in [2.24, 2.45) is 5.41 Å². The number of esters is 1. The monoisotopic (exact) mass is 114 g/mol. The molecule has 8 heavy (non-hydrogen) atoms. The minimum absolute atomic E-state index is 0.0417. The lowest BCUT2D eigenvalue weighted by molar-refractivity contribution is -0.183. The third kappa shape index (κ3) is 0.522. The first-order valence-corrected chi connectivity index (χ1v) is 2.86. The smallest absolute Gasteiger partial charge is 0.315 e. The topological polar surface area (TPSA) is 26.3 Å². The van der Waals surface area contributed by atoms with Gasteiger partial charge in [-0.15, -0.1) is 0 Å². The van der Waals surface area contributed by atoms with Gasteiger partial charge in [0, 0.05) is 0 Å². The Kier molecular flexibility index (Phi) is 1.03. The van der Waals surface area contributed by atoms with Crippen LogP contribution in [0.15, 0.2) is 0 Å².